The Balaban J connectivity index is 2.00. The standard InChI is InChI=1S/C41H82N6/c1-4-7-9-11-13-15-17-19-21-23-25-27-29-31-33-35-37-43-40-45-39(42-6-3)46-41(47-40)44-38-36-34-32-30-28-26-24-22-20-18-16-14-12-10-8-5-2/h4-38H2,1-3H3,(H3,42,43,44,45,46,47). The molecular weight excluding hydrogens is 576 g/mol. The van der Waals surface area contributed by atoms with E-state index in [9.17, 15) is 0 Å². The van der Waals surface area contributed by atoms with Crippen molar-refractivity contribution in [3.05, 3.63) is 0 Å². The Morgan fingerprint density at radius 3 is 0.723 bits per heavy atom. The fraction of sp³-hybridized carbons (Fsp3) is 0.927. The normalized spacial score (nSPS) is 11.3. The summed E-state index contributed by atoms with van der Waals surface area (Å²) in [5.41, 5.74) is 0. The predicted octanol–water partition coefficient (Wildman–Crippen LogP) is 13.7. The quantitative estimate of drug-likeness (QED) is 0.0614. The van der Waals surface area contributed by atoms with Crippen LogP contribution in [0.3, 0.4) is 0 Å². The Labute approximate surface area is 294 Å². The number of rotatable bonds is 38. The van der Waals surface area contributed by atoms with Crippen molar-refractivity contribution in [2.45, 2.75) is 226 Å². The highest BCUT2D eigenvalue weighted by atomic mass is 15.3. The van der Waals surface area contributed by atoms with Gasteiger partial charge in [-0.1, -0.05) is 206 Å². The van der Waals surface area contributed by atoms with Crippen LogP contribution in [0.5, 0.6) is 0 Å². The first-order chi connectivity index (χ1) is 23.3. The molecule has 0 spiro atoms. The summed E-state index contributed by atoms with van der Waals surface area (Å²) in [7, 11) is 0. The van der Waals surface area contributed by atoms with E-state index < -0.39 is 0 Å². The lowest BCUT2D eigenvalue weighted by atomic mass is 10.0. The van der Waals surface area contributed by atoms with Crippen molar-refractivity contribution < 1.29 is 0 Å². The first-order valence-corrected chi connectivity index (χ1v) is 21.3. The molecule has 0 saturated carbocycles. The van der Waals surface area contributed by atoms with E-state index in [0.717, 1.165) is 19.6 Å². The minimum Gasteiger partial charge on any atom is -0.354 e. The molecule has 6 nitrogen and oxygen atoms in total. The molecule has 0 saturated heterocycles. The lowest BCUT2D eigenvalue weighted by Gasteiger charge is -2.11. The van der Waals surface area contributed by atoms with Crippen molar-refractivity contribution in [3.8, 4) is 0 Å². The molecule has 6 heteroatoms. The Kier molecular flexibility index (Phi) is 33.0. The molecule has 3 N–H and O–H groups in total. The molecule has 1 aromatic heterocycles. The van der Waals surface area contributed by atoms with Gasteiger partial charge in [0, 0.05) is 19.6 Å². The summed E-state index contributed by atoms with van der Waals surface area (Å²) < 4.78 is 0. The van der Waals surface area contributed by atoms with E-state index in [1.165, 1.54) is 205 Å². The Morgan fingerprint density at radius 1 is 0.277 bits per heavy atom. The van der Waals surface area contributed by atoms with Crippen LogP contribution in [0.25, 0.3) is 0 Å². The Morgan fingerprint density at radius 2 is 0.489 bits per heavy atom. The van der Waals surface area contributed by atoms with Crippen LogP contribution in [0.4, 0.5) is 17.8 Å². The molecule has 1 aromatic rings. The molecule has 0 fully saturated rings. The molecule has 276 valence electrons. The Hall–Kier alpha value is -1.59. The maximum atomic E-state index is 4.65. The zero-order chi connectivity index (χ0) is 33.7. The Bertz CT molecular complexity index is 701. The topological polar surface area (TPSA) is 74.8 Å². The van der Waals surface area contributed by atoms with E-state index in [1.807, 2.05) is 0 Å². The van der Waals surface area contributed by atoms with Gasteiger partial charge in [-0.25, -0.2) is 0 Å². The fourth-order valence-electron chi connectivity index (χ4n) is 6.52. The third-order valence-electron chi connectivity index (χ3n) is 9.60. The first kappa shape index (κ1) is 43.4. The summed E-state index contributed by atoms with van der Waals surface area (Å²) in [6.45, 7) is 9.33. The lowest BCUT2D eigenvalue weighted by molar-refractivity contribution is 0.530. The van der Waals surface area contributed by atoms with Gasteiger partial charge in [-0.05, 0) is 19.8 Å². The summed E-state index contributed by atoms with van der Waals surface area (Å²) >= 11 is 0. The summed E-state index contributed by atoms with van der Waals surface area (Å²) in [5.74, 6) is 2.03. The number of nitrogens with one attached hydrogen (secondary N) is 3. The second-order valence-electron chi connectivity index (χ2n) is 14.3. The molecule has 0 unspecified atom stereocenters. The molecule has 47 heavy (non-hydrogen) atoms. The van der Waals surface area contributed by atoms with Gasteiger partial charge in [-0.3, -0.25) is 0 Å². The number of aromatic nitrogens is 3. The highest BCUT2D eigenvalue weighted by Gasteiger charge is 2.06. The van der Waals surface area contributed by atoms with Crippen LogP contribution >= 0.6 is 0 Å². The van der Waals surface area contributed by atoms with Crippen LogP contribution in [0.15, 0.2) is 0 Å². The molecular formula is C41H82N6. The maximum Gasteiger partial charge on any atom is 0.229 e. The van der Waals surface area contributed by atoms with Gasteiger partial charge in [-0.15, -0.1) is 0 Å². The highest BCUT2D eigenvalue weighted by molar-refractivity contribution is 5.42. The van der Waals surface area contributed by atoms with Crippen molar-refractivity contribution in [2.24, 2.45) is 0 Å². The van der Waals surface area contributed by atoms with E-state index in [0.29, 0.717) is 17.8 Å². The summed E-state index contributed by atoms with van der Waals surface area (Å²) in [5, 5.41) is 10.2. The highest BCUT2D eigenvalue weighted by Crippen LogP contribution is 2.16. The van der Waals surface area contributed by atoms with Crippen molar-refractivity contribution >= 4 is 17.8 Å². The van der Waals surface area contributed by atoms with Gasteiger partial charge in [-0.2, -0.15) is 15.0 Å². The molecule has 1 rings (SSSR count). The molecule has 0 aromatic carbocycles. The van der Waals surface area contributed by atoms with E-state index >= 15 is 0 Å². The zero-order valence-electron chi connectivity index (χ0n) is 32.1. The average Bonchev–Trinajstić information content (AvgIpc) is 3.07. The zero-order valence-corrected chi connectivity index (χ0v) is 32.1. The second-order valence-corrected chi connectivity index (χ2v) is 14.3. The SMILES string of the molecule is CCCCCCCCCCCCCCCCCCNc1nc(NCC)nc(NCCCCCCCCCCCCCCCCCC)n1. The number of hydrogen-bond donors (Lipinski definition) is 3. The van der Waals surface area contributed by atoms with Gasteiger partial charge in [0.15, 0.2) is 0 Å². The first-order valence-electron chi connectivity index (χ1n) is 21.3. The van der Waals surface area contributed by atoms with Gasteiger partial charge >= 0.3 is 0 Å². The molecule has 0 aliphatic heterocycles. The number of nitrogens with zero attached hydrogens (tertiary/aromatic N) is 3. The number of unbranched alkanes of at least 4 members (excludes halogenated alkanes) is 30. The second kappa shape index (κ2) is 35.7. The predicted molar refractivity (Wildman–Crippen MR) is 210 cm³/mol. The monoisotopic (exact) mass is 659 g/mol. The molecule has 0 aliphatic rings. The average molecular weight is 659 g/mol. The minimum atomic E-state index is 0.659. The number of hydrogen-bond acceptors (Lipinski definition) is 6. The van der Waals surface area contributed by atoms with Crippen molar-refractivity contribution in [2.75, 3.05) is 35.6 Å². The molecule has 0 amide bonds. The molecule has 0 atom stereocenters. The van der Waals surface area contributed by atoms with E-state index in [1.54, 1.807) is 0 Å². The van der Waals surface area contributed by atoms with E-state index in [2.05, 4.69) is 51.7 Å². The molecule has 0 bridgehead atoms. The van der Waals surface area contributed by atoms with Gasteiger partial charge < -0.3 is 16.0 Å². The van der Waals surface area contributed by atoms with Crippen LogP contribution in [0.1, 0.15) is 226 Å². The summed E-state index contributed by atoms with van der Waals surface area (Å²) in [4.78, 5) is 13.8. The number of anilines is 3. The van der Waals surface area contributed by atoms with Crippen LogP contribution in [-0.2, 0) is 0 Å². The largest absolute Gasteiger partial charge is 0.354 e. The lowest BCUT2D eigenvalue weighted by Crippen LogP contribution is -2.13. The third kappa shape index (κ3) is 30.2. The smallest absolute Gasteiger partial charge is 0.229 e. The van der Waals surface area contributed by atoms with E-state index in [-0.39, 0.29) is 0 Å². The van der Waals surface area contributed by atoms with Crippen LogP contribution in [0, 0.1) is 0 Å². The fourth-order valence-corrected chi connectivity index (χ4v) is 6.52. The summed E-state index contributed by atoms with van der Waals surface area (Å²) in [6, 6.07) is 0. The van der Waals surface area contributed by atoms with Crippen molar-refractivity contribution in [1.82, 2.24) is 15.0 Å². The van der Waals surface area contributed by atoms with Crippen LogP contribution < -0.4 is 16.0 Å². The van der Waals surface area contributed by atoms with Gasteiger partial charge in [0.05, 0.1) is 0 Å². The van der Waals surface area contributed by atoms with Crippen LogP contribution in [-0.4, -0.2) is 34.6 Å². The van der Waals surface area contributed by atoms with Gasteiger partial charge in [0.2, 0.25) is 17.8 Å². The maximum absolute atomic E-state index is 4.65. The minimum absolute atomic E-state index is 0.659. The molecule has 0 aliphatic carbocycles. The third-order valence-corrected chi connectivity index (χ3v) is 9.60. The van der Waals surface area contributed by atoms with Crippen molar-refractivity contribution in [1.29, 1.82) is 0 Å². The van der Waals surface area contributed by atoms with Crippen molar-refractivity contribution in [3.63, 3.8) is 0 Å². The molecule has 0 radical (unpaired) electrons. The summed E-state index contributed by atoms with van der Waals surface area (Å²) in [6.07, 6.45) is 44.7. The van der Waals surface area contributed by atoms with E-state index in [4.69, 9.17) is 0 Å². The molecule has 1 heterocycles. The van der Waals surface area contributed by atoms with Crippen LogP contribution in [0.2, 0.25) is 0 Å². The van der Waals surface area contributed by atoms with Gasteiger partial charge in [0.25, 0.3) is 0 Å². The van der Waals surface area contributed by atoms with Gasteiger partial charge in [0.1, 0.15) is 0 Å².